The van der Waals surface area contributed by atoms with Crippen molar-refractivity contribution in [2.75, 3.05) is 0 Å². The van der Waals surface area contributed by atoms with Crippen molar-refractivity contribution >= 4 is 6.29 Å². The smallest absolute Gasteiger partial charge is 0.123 e. The molecule has 0 radical (unpaired) electrons. The monoisotopic (exact) mass is 152 g/mol. The summed E-state index contributed by atoms with van der Waals surface area (Å²) in [6.45, 7) is 0. The summed E-state index contributed by atoms with van der Waals surface area (Å²) in [4.78, 5) is 10.5. The van der Waals surface area contributed by atoms with Crippen LogP contribution in [0, 0.1) is 11.3 Å². The fraction of sp³-hybridized carbons (Fsp3) is 0.900. The van der Waals surface area contributed by atoms with E-state index < -0.39 is 0 Å². The van der Waals surface area contributed by atoms with Crippen LogP contribution in [0.2, 0.25) is 0 Å². The van der Waals surface area contributed by atoms with Gasteiger partial charge in [0.1, 0.15) is 6.29 Å². The second-order valence-corrected chi connectivity index (χ2v) is 4.33. The number of rotatable bonds is 1. The molecule has 0 N–H and O–H groups in total. The molecule has 0 aromatic carbocycles. The molecule has 1 heteroatoms. The second kappa shape index (κ2) is 2.62. The average molecular weight is 152 g/mol. The third-order valence-corrected chi connectivity index (χ3v) is 3.70. The predicted molar refractivity (Wildman–Crippen MR) is 44.3 cm³/mol. The Morgan fingerprint density at radius 1 is 1.09 bits per heavy atom. The van der Waals surface area contributed by atoms with Gasteiger partial charge in [0, 0.05) is 5.92 Å². The lowest BCUT2D eigenvalue weighted by Crippen LogP contribution is -2.34. The van der Waals surface area contributed by atoms with Crippen LogP contribution in [0.4, 0.5) is 0 Å². The Bertz CT molecular complexity index is 148. The highest BCUT2D eigenvalue weighted by atomic mass is 16.1. The quantitative estimate of drug-likeness (QED) is 0.528. The number of hydrogen-bond acceptors (Lipinski definition) is 1. The summed E-state index contributed by atoms with van der Waals surface area (Å²) in [5.74, 6) is 0.404. The Kier molecular flexibility index (Phi) is 1.74. The molecule has 1 spiro atoms. The zero-order valence-electron chi connectivity index (χ0n) is 7.01. The lowest BCUT2D eigenvalue weighted by Gasteiger charge is -2.46. The summed E-state index contributed by atoms with van der Waals surface area (Å²) in [7, 11) is 0. The lowest BCUT2D eigenvalue weighted by atomic mass is 9.59. The van der Waals surface area contributed by atoms with Gasteiger partial charge < -0.3 is 4.79 Å². The molecule has 2 saturated carbocycles. The van der Waals surface area contributed by atoms with Gasteiger partial charge in [-0.3, -0.25) is 0 Å². The van der Waals surface area contributed by atoms with E-state index >= 15 is 0 Å². The molecular weight excluding hydrogens is 136 g/mol. The molecule has 1 nitrogen and oxygen atoms in total. The summed E-state index contributed by atoms with van der Waals surface area (Å²) in [5, 5.41) is 0. The van der Waals surface area contributed by atoms with E-state index in [1.807, 2.05) is 0 Å². The second-order valence-electron chi connectivity index (χ2n) is 4.33. The molecule has 2 aliphatic rings. The molecule has 0 amide bonds. The largest absolute Gasteiger partial charge is 0.303 e. The van der Waals surface area contributed by atoms with Crippen molar-refractivity contribution < 1.29 is 4.79 Å². The maximum absolute atomic E-state index is 10.5. The maximum atomic E-state index is 10.5. The van der Waals surface area contributed by atoms with Crippen molar-refractivity contribution in [2.45, 2.75) is 44.9 Å². The van der Waals surface area contributed by atoms with E-state index in [9.17, 15) is 4.79 Å². The van der Waals surface area contributed by atoms with Crippen molar-refractivity contribution in [2.24, 2.45) is 11.3 Å². The fourth-order valence-corrected chi connectivity index (χ4v) is 2.57. The Balaban J connectivity index is 1.88. The average Bonchev–Trinajstić information content (AvgIpc) is 2.02. The molecule has 2 rings (SSSR count). The topological polar surface area (TPSA) is 17.1 Å². The van der Waals surface area contributed by atoms with Crippen LogP contribution < -0.4 is 0 Å². The number of carbonyl (C=O) groups excluding carboxylic acids is 1. The number of hydrogen-bond donors (Lipinski definition) is 0. The van der Waals surface area contributed by atoms with Gasteiger partial charge >= 0.3 is 0 Å². The van der Waals surface area contributed by atoms with Crippen LogP contribution in [-0.2, 0) is 4.79 Å². The Morgan fingerprint density at radius 3 is 2.09 bits per heavy atom. The summed E-state index contributed by atoms with van der Waals surface area (Å²) in [5.41, 5.74) is 0.722. The SMILES string of the molecule is O=CC1CCC2(CCC2)CC1. The molecule has 62 valence electrons. The number of carbonyl (C=O) groups is 1. The van der Waals surface area contributed by atoms with Crippen molar-refractivity contribution in [3.63, 3.8) is 0 Å². The molecular formula is C10H16O. The highest BCUT2D eigenvalue weighted by Gasteiger charge is 2.39. The zero-order chi connectivity index (χ0) is 7.73. The molecule has 2 aliphatic carbocycles. The van der Waals surface area contributed by atoms with Gasteiger partial charge in [-0.25, -0.2) is 0 Å². The molecule has 0 saturated heterocycles. The highest BCUT2D eigenvalue weighted by molar-refractivity contribution is 5.53. The first-order chi connectivity index (χ1) is 5.35. The molecule has 0 aromatic heterocycles. The van der Waals surface area contributed by atoms with Gasteiger partial charge in [0.2, 0.25) is 0 Å². The minimum Gasteiger partial charge on any atom is -0.303 e. The van der Waals surface area contributed by atoms with E-state index in [-0.39, 0.29) is 0 Å². The first-order valence-corrected chi connectivity index (χ1v) is 4.80. The van der Waals surface area contributed by atoms with Crippen LogP contribution in [-0.4, -0.2) is 6.29 Å². The van der Waals surface area contributed by atoms with E-state index in [2.05, 4.69) is 0 Å². The van der Waals surface area contributed by atoms with Crippen molar-refractivity contribution in [1.29, 1.82) is 0 Å². The summed E-state index contributed by atoms with van der Waals surface area (Å²) >= 11 is 0. The van der Waals surface area contributed by atoms with Gasteiger partial charge in [-0.05, 0) is 43.9 Å². The van der Waals surface area contributed by atoms with Gasteiger partial charge in [0.25, 0.3) is 0 Å². The van der Waals surface area contributed by atoms with Gasteiger partial charge in [0.05, 0.1) is 0 Å². The standard InChI is InChI=1S/C10H16O/c11-8-9-2-6-10(7-3-9)4-1-5-10/h8-9H,1-7H2. The normalized spacial score (nSPS) is 29.8. The van der Waals surface area contributed by atoms with Crippen molar-refractivity contribution in [1.82, 2.24) is 0 Å². The van der Waals surface area contributed by atoms with E-state index in [0.717, 1.165) is 11.7 Å². The highest BCUT2D eigenvalue weighted by Crippen LogP contribution is 2.52. The van der Waals surface area contributed by atoms with Gasteiger partial charge in [0.15, 0.2) is 0 Å². The molecule has 2 fully saturated rings. The summed E-state index contributed by atoms with van der Waals surface area (Å²) in [6.07, 6.45) is 10.5. The molecule has 0 bridgehead atoms. The van der Waals surface area contributed by atoms with Crippen LogP contribution in [0.15, 0.2) is 0 Å². The van der Waals surface area contributed by atoms with Crippen LogP contribution in [0.5, 0.6) is 0 Å². The van der Waals surface area contributed by atoms with Gasteiger partial charge in [-0.2, -0.15) is 0 Å². The molecule has 0 heterocycles. The van der Waals surface area contributed by atoms with Gasteiger partial charge in [-0.1, -0.05) is 6.42 Å². The third-order valence-electron chi connectivity index (χ3n) is 3.70. The van der Waals surface area contributed by atoms with Crippen molar-refractivity contribution in [3.8, 4) is 0 Å². The van der Waals surface area contributed by atoms with Gasteiger partial charge in [-0.15, -0.1) is 0 Å². The fourth-order valence-electron chi connectivity index (χ4n) is 2.57. The van der Waals surface area contributed by atoms with E-state index in [0.29, 0.717) is 5.92 Å². The minimum atomic E-state index is 0.404. The van der Waals surface area contributed by atoms with E-state index in [4.69, 9.17) is 0 Å². The van der Waals surface area contributed by atoms with Crippen molar-refractivity contribution in [3.05, 3.63) is 0 Å². The molecule has 0 aromatic rings. The first kappa shape index (κ1) is 7.33. The van der Waals surface area contributed by atoms with E-state index in [1.54, 1.807) is 0 Å². The summed E-state index contributed by atoms with van der Waals surface area (Å²) < 4.78 is 0. The molecule has 0 unspecified atom stereocenters. The van der Waals surface area contributed by atoms with Crippen LogP contribution in [0.1, 0.15) is 44.9 Å². The molecule has 0 aliphatic heterocycles. The Labute approximate surface area is 68.2 Å². The first-order valence-electron chi connectivity index (χ1n) is 4.80. The maximum Gasteiger partial charge on any atom is 0.123 e. The van der Waals surface area contributed by atoms with Crippen LogP contribution in [0.3, 0.4) is 0 Å². The summed E-state index contributed by atoms with van der Waals surface area (Å²) in [6, 6.07) is 0. The lowest BCUT2D eigenvalue weighted by molar-refractivity contribution is -0.113. The zero-order valence-corrected chi connectivity index (χ0v) is 7.01. The number of aldehydes is 1. The van der Waals surface area contributed by atoms with E-state index in [1.165, 1.54) is 44.9 Å². The third kappa shape index (κ3) is 1.21. The minimum absolute atomic E-state index is 0.404. The predicted octanol–water partition coefficient (Wildman–Crippen LogP) is 2.55. The van der Waals surface area contributed by atoms with Crippen LogP contribution in [0.25, 0.3) is 0 Å². The molecule has 0 atom stereocenters. The Morgan fingerprint density at radius 2 is 1.73 bits per heavy atom. The molecule has 11 heavy (non-hydrogen) atoms. The van der Waals surface area contributed by atoms with Crippen LogP contribution >= 0.6 is 0 Å². The Hall–Kier alpha value is -0.330.